The SMILES string of the molecule is Cc1cc(C)n(C[C@H](C)C(=O)Nc2cc(Cl)cc(Cl)c2)n1. The molecule has 2 rings (SSSR count). The first-order valence-electron chi connectivity index (χ1n) is 6.63. The van der Waals surface area contributed by atoms with Crippen molar-refractivity contribution in [3.05, 3.63) is 45.7 Å². The van der Waals surface area contributed by atoms with E-state index in [-0.39, 0.29) is 11.8 Å². The summed E-state index contributed by atoms with van der Waals surface area (Å²) in [6.07, 6.45) is 0. The number of hydrogen-bond acceptors (Lipinski definition) is 2. The van der Waals surface area contributed by atoms with Gasteiger partial charge < -0.3 is 5.32 Å². The summed E-state index contributed by atoms with van der Waals surface area (Å²) in [5.41, 5.74) is 2.58. The van der Waals surface area contributed by atoms with E-state index in [1.807, 2.05) is 31.5 Å². The van der Waals surface area contributed by atoms with E-state index in [0.29, 0.717) is 22.3 Å². The van der Waals surface area contributed by atoms with Gasteiger partial charge in [0.1, 0.15) is 0 Å². The molecule has 1 N–H and O–H groups in total. The van der Waals surface area contributed by atoms with E-state index in [0.717, 1.165) is 11.4 Å². The molecule has 0 aliphatic heterocycles. The van der Waals surface area contributed by atoms with Crippen molar-refractivity contribution in [2.45, 2.75) is 27.3 Å². The largest absolute Gasteiger partial charge is 0.326 e. The summed E-state index contributed by atoms with van der Waals surface area (Å²) in [6, 6.07) is 6.95. The van der Waals surface area contributed by atoms with Crippen LogP contribution in [0.3, 0.4) is 0 Å². The van der Waals surface area contributed by atoms with E-state index in [2.05, 4.69) is 10.4 Å². The van der Waals surface area contributed by atoms with E-state index in [4.69, 9.17) is 23.2 Å². The molecule has 21 heavy (non-hydrogen) atoms. The Labute approximate surface area is 134 Å². The van der Waals surface area contributed by atoms with Gasteiger partial charge in [-0.15, -0.1) is 0 Å². The van der Waals surface area contributed by atoms with Gasteiger partial charge >= 0.3 is 0 Å². The molecule has 0 radical (unpaired) electrons. The van der Waals surface area contributed by atoms with Crippen molar-refractivity contribution in [1.29, 1.82) is 0 Å². The standard InChI is InChI=1S/C15H17Cl2N3O/c1-9(8-20-11(3)4-10(2)19-20)15(21)18-14-6-12(16)5-13(17)7-14/h4-7,9H,8H2,1-3H3,(H,18,21)/t9-/m0/s1. The number of nitrogens with zero attached hydrogens (tertiary/aromatic N) is 2. The van der Waals surface area contributed by atoms with Crippen LogP contribution in [0.25, 0.3) is 0 Å². The van der Waals surface area contributed by atoms with Crippen molar-refractivity contribution in [2.24, 2.45) is 5.92 Å². The Balaban J connectivity index is 2.04. The minimum Gasteiger partial charge on any atom is -0.326 e. The molecular weight excluding hydrogens is 309 g/mol. The molecule has 0 fully saturated rings. The van der Waals surface area contributed by atoms with E-state index in [1.54, 1.807) is 18.2 Å². The molecule has 2 aromatic rings. The van der Waals surface area contributed by atoms with Crippen LogP contribution in [0.4, 0.5) is 5.69 Å². The van der Waals surface area contributed by atoms with Crippen LogP contribution in [-0.2, 0) is 11.3 Å². The van der Waals surface area contributed by atoms with Gasteiger partial charge in [0.25, 0.3) is 0 Å². The smallest absolute Gasteiger partial charge is 0.229 e. The van der Waals surface area contributed by atoms with Gasteiger partial charge in [-0.2, -0.15) is 5.10 Å². The van der Waals surface area contributed by atoms with Gasteiger partial charge in [0.15, 0.2) is 0 Å². The number of carbonyl (C=O) groups excluding carboxylic acids is 1. The molecular formula is C15H17Cl2N3O. The van der Waals surface area contributed by atoms with Crippen molar-refractivity contribution in [1.82, 2.24) is 9.78 Å². The summed E-state index contributed by atoms with van der Waals surface area (Å²) >= 11 is 11.8. The maximum Gasteiger partial charge on any atom is 0.229 e. The number of aryl methyl sites for hydroxylation is 2. The molecule has 0 bridgehead atoms. The molecule has 0 aliphatic carbocycles. The predicted molar refractivity (Wildman–Crippen MR) is 86.0 cm³/mol. The average Bonchev–Trinajstić information content (AvgIpc) is 2.66. The van der Waals surface area contributed by atoms with Crippen molar-refractivity contribution in [2.75, 3.05) is 5.32 Å². The molecule has 1 aromatic carbocycles. The van der Waals surface area contributed by atoms with Crippen molar-refractivity contribution >= 4 is 34.8 Å². The lowest BCUT2D eigenvalue weighted by Gasteiger charge is -2.14. The molecule has 4 nitrogen and oxygen atoms in total. The Morgan fingerprint density at radius 3 is 2.38 bits per heavy atom. The van der Waals surface area contributed by atoms with Crippen LogP contribution < -0.4 is 5.32 Å². The van der Waals surface area contributed by atoms with Gasteiger partial charge in [0, 0.05) is 21.4 Å². The van der Waals surface area contributed by atoms with Crippen LogP contribution in [0, 0.1) is 19.8 Å². The highest BCUT2D eigenvalue weighted by Crippen LogP contribution is 2.23. The quantitative estimate of drug-likeness (QED) is 0.920. The van der Waals surface area contributed by atoms with Crippen molar-refractivity contribution in [3.63, 3.8) is 0 Å². The minimum absolute atomic E-state index is 0.0964. The van der Waals surface area contributed by atoms with Crippen LogP contribution in [0.1, 0.15) is 18.3 Å². The molecule has 112 valence electrons. The molecule has 0 spiro atoms. The molecule has 1 amide bonds. The van der Waals surface area contributed by atoms with E-state index in [9.17, 15) is 4.79 Å². The Morgan fingerprint density at radius 2 is 1.86 bits per heavy atom. The predicted octanol–water partition coefficient (Wildman–Crippen LogP) is 4.08. The number of aromatic nitrogens is 2. The average molecular weight is 326 g/mol. The molecule has 1 heterocycles. The number of anilines is 1. The topological polar surface area (TPSA) is 46.9 Å². The Hall–Kier alpha value is -1.52. The lowest BCUT2D eigenvalue weighted by molar-refractivity contribution is -0.119. The van der Waals surface area contributed by atoms with Crippen LogP contribution in [0.5, 0.6) is 0 Å². The second kappa shape index (κ2) is 6.50. The van der Waals surface area contributed by atoms with Crippen LogP contribution >= 0.6 is 23.2 Å². The molecule has 1 aromatic heterocycles. The molecule has 0 saturated carbocycles. The second-order valence-corrected chi connectivity index (χ2v) is 6.03. The normalized spacial score (nSPS) is 12.2. The number of benzene rings is 1. The Kier molecular flexibility index (Phi) is 4.91. The summed E-state index contributed by atoms with van der Waals surface area (Å²) in [4.78, 5) is 12.2. The van der Waals surface area contributed by atoms with Gasteiger partial charge in [-0.1, -0.05) is 30.1 Å². The molecule has 0 unspecified atom stereocenters. The zero-order valence-electron chi connectivity index (χ0n) is 12.2. The van der Waals surface area contributed by atoms with Gasteiger partial charge in [0.2, 0.25) is 5.91 Å². The van der Waals surface area contributed by atoms with Gasteiger partial charge in [-0.25, -0.2) is 0 Å². The fraction of sp³-hybridized carbons (Fsp3) is 0.333. The number of carbonyl (C=O) groups is 1. The van der Waals surface area contributed by atoms with Gasteiger partial charge in [0.05, 0.1) is 18.2 Å². The minimum atomic E-state index is -0.222. The maximum atomic E-state index is 12.2. The Morgan fingerprint density at radius 1 is 1.24 bits per heavy atom. The van der Waals surface area contributed by atoms with Crippen LogP contribution in [0.15, 0.2) is 24.3 Å². The first-order chi connectivity index (χ1) is 9.85. The molecule has 0 aliphatic rings. The van der Waals surface area contributed by atoms with E-state index < -0.39 is 0 Å². The molecule has 0 saturated heterocycles. The zero-order valence-corrected chi connectivity index (χ0v) is 13.7. The lowest BCUT2D eigenvalue weighted by Crippen LogP contribution is -2.25. The summed E-state index contributed by atoms with van der Waals surface area (Å²) < 4.78 is 1.84. The number of nitrogens with one attached hydrogen (secondary N) is 1. The highest BCUT2D eigenvalue weighted by atomic mass is 35.5. The summed E-state index contributed by atoms with van der Waals surface area (Å²) in [5, 5.41) is 8.16. The Bertz CT molecular complexity index is 647. The summed E-state index contributed by atoms with van der Waals surface area (Å²) in [5.74, 6) is -0.318. The fourth-order valence-electron chi connectivity index (χ4n) is 2.09. The third kappa shape index (κ3) is 4.22. The highest BCUT2D eigenvalue weighted by molar-refractivity contribution is 6.35. The number of amides is 1. The molecule has 1 atom stereocenters. The first kappa shape index (κ1) is 15.9. The first-order valence-corrected chi connectivity index (χ1v) is 7.39. The monoisotopic (exact) mass is 325 g/mol. The summed E-state index contributed by atoms with van der Waals surface area (Å²) in [6.45, 7) is 6.29. The summed E-state index contributed by atoms with van der Waals surface area (Å²) in [7, 11) is 0. The van der Waals surface area contributed by atoms with Crippen molar-refractivity contribution < 1.29 is 4.79 Å². The van der Waals surface area contributed by atoms with Crippen LogP contribution in [-0.4, -0.2) is 15.7 Å². The third-order valence-electron chi connectivity index (χ3n) is 3.13. The number of rotatable bonds is 4. The fourth-order valence-corrected chi connectivity index (χ4v) is 2.62. The second-order valence-electron chi connectivity index (χ2n) is 5.16. The van der Waals surface area contributed by atoms with E-state index >= 15 is 0 Å². The van der Waals surface area contributed by atoms with Gasteiger partial charge in [-0.3, -0.25) is 9.48 Å². The third-order valence-corrected chi connectivity index (χ3v) is 3.56. The maximum absolute atomic E-state index is 12.2. The zero-order chi connectivity index (χ0) is 15.6. The van der Waals surface area contributed by atoms with Crippen molar-refractivity contribution in [3.8, 4) is 0 Å². The lowest BCUT2D eigenvalue weighted by atomic mass is 10.1. The number of hydrogen-bond donors (Lipinski definition) is 1. The van der Waals surface area contributed by atoms with Crippen LogP contribution in [0.2, 0.25) is 10.0 Å². The molecule has 6 heteroatoms. The van der Waals surface area contributed by atoms with E-state index in [1.165, 1.54) is 0 Å². The number of halogens is 2. The van der Waals surface area contributed by atoms with Gasteiger partial charge in [-0.05, 0) is 38.1 Å². The highest BCUT2D eigenvalue weighted by Gasteiger charge is 2.16.